The molecule has 3 rings (SSSR count). The Morgan fingerprint density at radius 1 is 0.553 bits per heavy atom. The summed E-state index contributed by atoms with van der Waals surface area (Å²) in [5.41, 5.74) is -2.72. The Kier molecular flexibility index (Phi) is 9.83. The molecule has 0 unspecified atom stereocenters. The Morgan fingerprint density at radius 3 is 1.21 bits per heavy atom. The number of nitro benzene ring substituents is 3. The van der Waals surface area contributed by atoms with Crippen LogP contribution >= 0.6 is 21.6 Å². The van der Waals surface area contributed by atoms with Crippen LogP contribution in [0.2, 0.25) is 0 Å². The molecule has 38 heavy (non-hydrogen) atoms. The lowest BCUT2D eigenvalue weighted by atomic mass is 10.2. The van der Waals surface area contributed by atoms with Crippen molar-refractivity contribution in [2.45, 2.75) is 9.79 Å². The Morgan fingerprint density at radius 2 is 0.895 bits per heavy atom. The first-order chi connectivity index (χ1) is 17.8. The zero-order chi connectivity index (χ0) is 28.6. The summed E-state index contributed by atoms with van der Waals surface area (Å²) in [5.74, 6) is -4.19. The SMILES string of the molecule is O=C(O)c1cc(SSc2ccc([N+](=O)[O-])c(C(=O)O)c2)ccc1[N+](=O)[O-].O=C(O)c1ccccc1[N+](=O)[O-]. The summed E-state index contributed by atoms with van der Waals surface area (Å²) in [5, 5.41) is 58.5. The van der Waals surface area contributed by atoms with E-state index in [0.29, 0.717) is 9.79 Å². The summed E-state index contributed by atoms with van der Waals surface area (Å²) in [6.07, 6.45) is 0. The fourth-order valence-corrected chi connectivity index (χ4v) is 4.68. The number of benzene rings is 3. The molecule has 3 aromatic rings. The van der Waals surface area contributed by atoms with Crippen molar-refractivity contribution in [1.29, 1.82) is 0 Å². The van der Waals surface area contributed by atoms with E-state index in [0.717, 1.165) is 51.9 Å². The van der Waals surface area contributed by atoms with E-state index in [-0.39, 0.29) is 11.3 Å². The molecule has 17 heteroatoms. The lowest BCUT2D eigenvalue weighted by molar-refractivity contribution is -0.385. The van der Waals surface area contributed by atoms with Gasteiger partial charge in [0.25, 0.3) is 17.1 Å². The molecule has 3 aromatic carbocycles. The van der Waals surface area contributed by atoms with Crippen molar-refractivity contribution in [3.05, 3.63) is 108 Å². The molecule has 196 valence electrons. The van der Waals surface area contributed by atoms with Crippen molar-refractivity contribution in [1.82, 2.24) is 0 Å². The lowest BCUT2D eigenvalue weighted by Gasteiger charge is -2.05. The molecule has 0 radical (unpaired) electrons. The molecule has 0 bridgehead atoms. The van der Waals surface area contributed by atoms with Gasteiger partial charge in [-0.1, -0.05) is 33.7 Å². The van der Waals surface area contributed by atoms with Crippen LogP contribution in [0.1, 0.15) is 31.1 Å². The van der Waals surface area contributed by atoms with Crippen LogP contribution in [0, 0.1) is 30.3 Å². The predicted octanol–water partition coefficient (Wildman–Crippen LogP) is 4.99. The number of para-hydroxylation sites is 1. The molecule has 0 saturated heterocycles. The van der Waals surface area contributed by atoms with Gasteiger partial charge in [0.2, 0.25) is 0 Å². The number of aromatic carboxylic acids is 3. The number of carboxylic acid groups (broad SMARTS) is 3. The van der Waals surface area contributed by atoms with Crippen LogP contribution in [0.15, 0.2) is 70.5 Å². The molecule has 0 aliphatic carbocycles. The average molecular weight is 563 g/mol. The van der Waals surface area contributed by atoms with Gasteiger partial charge in [0, 0.05) is 28.0 Å². The molecule has 0 fully saturated rings. The second-order valence-corrected chi connectivity index (χ2v) is 9.00. The Bertz CT molecular complexity index is 1350. The van der Waals surface area contributed by atoms with Crippen molar-refractivity contribution in [2.75, 3.05) is 0 Å². The van der Waals surface area contributed by atoms with E-state index in [2.05, 4.69) is 0 Å². The summed E-state index contributed by atoms with van der Waals surface area (Å²) < 4.78 is 0. The van der Waals surface area contributed by atoms with E-state index in [1.54, 1.807) is 0 Å². The van der Waals surface area contributed by atoms with Gasteiger partial charge < -0.3 is 15.3 Å². The first-order valence-corrected chi connectivity index (χ1v) is 11.8. The number of hydrogen-bond donors (Lipinski definition) is 3. The van der Waals surface area contributed by atoms with E-state index >= 15 is 0 Å². The lowest BCUT2D eigenvalue weighted by Crippen LogP contribution is -2.02. The zero-order valence-electron chi connectivity index (χ0n) is 18.4. The van der Waals surface area contributed by atoms with Gasteiger partial charge in [-0.2, -0.15) is 0 Å². The van der Waals surface area contributed by atoms with Crippen molar-refractivity contribution in [3.8, 4) is 0 Å². The fraction of sp³-hybridized carbons (Fsp3) is 0. The summed E-state index contributed by atoms with van der Waals surface area (Å²) in [6, 6.07) is 12.3. The maximum Gasteiger partial charge on any atom is 0.342 e. The third-order valence-electron chi connectivity index (χ3n) is 4.36. The monoisotopic (exact) mass is 563 g/mol. The van der Waals surface area contributed by atoms with E-state index < -0.39 is 55.2 Å². The molecule has 0 aliphatic heterocycles. The highest BCUT2D eigenvalue weighted by atomic mass is 33.1. The first kappa shape index (κ1) is 29.2. The summed E-state index contributed by atoms with van der Waals surface area (Å²) in [6.45, 7) is 0. The number of hydrogen-bond acceptors (Lipinski definition) is 11. The largest absolute Gasteiger partial charge is 0.477 e. The maximum atomic E-state index is 11.1. The van der Waals surface area contributed by atoms with E-state index in [4.69, 9.17) is 15.3 Å². The maximum absolute atomic E-state index is 11.1. The Hall–Kier alpha value is -5.03. The second-order valence-electron chi connectivity index (χ2n) is 6.73. The van der Waals surface area contributed by atoms with Gasteiger partial charge in [-0.15, -0.1) is 0 Å². The van der Waals surface area contributed by atoms with Crippen molar-refractivity contribution in [3.63, 3.8) is 0 Å². The van der Waals surface area contributed by atoms with Crippen molar-refractivity contribution >= 4 is 56.6 Å². The standard InChI is InChI=1S/C14H8N2O8S2.C7H5NO4/c17-13(18)9-5-7(1-3-11(9)15(21)22)25-26-8-2-4-12(16(23)24)10(6-8)14(19)20;9-7(10)5-3-1-2-4-6(5)8(11)12/h1-6H,(H,17,18)(H,19,20);1-4H,(H,9,10). The van der Waals surface area contributed by atoms with Gasteiger partial charge in [0.05, 0.1) is 14.8 Å². The molecule has 0 aliphatic rings. The normalized spacial score (nSPS) is 10.0. The molecule has 3 N–H and O–H groups in total. The van der Waals surface area contributed by atoms with Gasteiger partial charge in [-0.3, -0.25) is 30.3 Å². The molecule has 0 atom stereocenters. The summed E-state index contributed by atoms with van der Waals surface area (Å²) >= 11 is 0. The molecule has 15 nitrogen and oxygen atoms in total. The Labute approximate surface area is 218 Å². The second kappa shape index (κ2) is 12.8. The number of nitro groups is 3. The average Bonchev–Trinajstić information content (AvgIpc) is 2.87. The highest BCUT2D eigenvalue weighted by Gasteiger charge is 2.22. The van der Waals surface area contributed by atoms with Crippen LogP contribution in [0.25, 0.3) is 0 Å². The quantitative estimate of drug-likeness (QED) is 0.176. The highest BCUT2D eigenvalue weighted by Crippen LogP contribution is 2.40. The van der Waals surface area contributed by atoms with Crippen LogP contribution in [0.3, 0.4) is 0 Å². The first-order valence-electron chi connectivity index (χ1n) is 9.68. The van der Waals surface area contributed by atoms with Crippen LogP contribution < -0.4 is 0 Å². The zero-order valence-corrected chi connectivity index (χ0v) is 20.1. The number of nitrogens with zero attached hydrogens (tertiary/aromatic N) is 3. The molecule has 0 spiro atoms. The molecular weight excluding hydrogens is 550 g/mol. The van der Waals surface area contributed by atoms with Crippen LogP contribution in [0.5, 0.6) is 0 Å². The summed E-state index contributed by atoms with van der Waals surface area (Å²) in [4.78, 5) is 63.0. The minimum Gasteiger partial charge on any atom is -0.477 e. The molecular formula is C21H13N3O12S2. The highest BCUT2D eigenvalue weighted by molar-refractivity contribution is 8.76. The Balaban J connectivity index is 0.000000352. The van der Waals surface area contributed by atoms with Gasteiger partial charge in [-0.25, -0.2) is 14.4 Å². The van der Waals surface area contributed by atoms with Crippen LogP contribution in [0.4, 0.5) is 17.1 Å². The topological polar surface area (TPSA) is 241 Å². The van der Waals surface area contributed by atoms with Gasteiger partial charge in [0.15, 0.2) is 0 Å². The van der Waals surface area contributed by atoms with E-state index in [9.17, 15) is 44.7 Å². The molecule has 0 saturated carbocycles. The molecule has 0 aromatic heterocycles. The van der Waals surface area contributed by atoms with Gasteiger partial charge in [0.1, 0.15) is 16.7 Å². The number of carboxylic acids is 3. The number of carbonyl (C=O) groups is 3. The van der Waals surface area contributed by atoms with E-state index in [1.807, 2.05) is 0 Å². The minimum absolute atomic E-state index is 0.289. The third-order valence-corrected chi connectivity index (χ3v) is 6.74. The minimum atomic E-state index is -1.45. The van der Waals surface area contributed by atoms with Gasteiger partial charge in [-0.05, 0) is 30.3 Å². The fourth-order valence-electron chi connectivity index (χ4n) is 2.70. The summed E-state index contributed by atoms with van der Waals surface area (Å²) in [7, 11) is 2.06. The van der Waals surface area contributed by atoms with Crippen molar-refractivity contribution in [2.24, 2.45) is 0 Å². The third kappa shape index (κ3) is 7.48. The smallest absolute Gasteiger partial charge is 0.342 e. The number of rotatable bonds is 9. The van der Waals surface area contributed by atoms with E-state index in [1.165, 1.54) is 30.3 Å². The van der Waals surface area contributed by atoms with Crippen LogP contribution in [-0.2, 0) is 0 Å². The molecule has 0 amide bonds. The van der Waals surface area contributed by atoms with Crippen molar-refractivity contribution < 1.29 is 44.5 Å². The van der Waals surface area contributed by atoms with Gasteiger partial charge >= 0.3 is 17.9 Å². The van der Waals surface area contributed by atoms with Crippen LogP contribution in [-0.4, -0.2) is 48.0 Å². The molecule has 0 heterocycles. The predicted molar refractivity (Wildman–Crippen MR) is 132 cm³/mol.